The van der Waals surface area contributed by atoms with Gasteiger partial charge in [-0.05, 0) is 96.3 Å². The molecule has 0 heterocycles. The van der Waals surface area contributed by atoms with Gasteiger partial charge in [0.15, 0.2) is 0 Å². The molecule has 0 rings (SSSR count). The minimum atomic E-state index is -0.861. The molecule has 0 saturated carbocycles. The summed E-state index contributed by atoms with van der Waals surface area (Å²) in [6, 6.07) is -0.647. The van der Waals surface area contributed by atoms with Crippen LogP contribution in [0.3, 0.4) is 0 Å². The van der Waals surface area contributed by atoms with Crippen LogP contribution in [0.1, 0.15) is 251 Å². The van der Waals surface area contributed by atoms with Crippen molar-refractivity contribution in [2.45, 2.75) is 264 Å². The van der Waals surface area contributed by atoms with Gasteiger partial charge in [-0.25, -0.2) is 0 Å². The molecule has 0 saturated heterocycles. The van der Waals surface area contributed by atoms with E-state index in [1.165, 1.54) is 122 Å². The van der Waals surface area contributed by atoms with E-state index in [1.54, 1.807) is 6.08 Å². The van der Waals surface area contributed by atoms with Gasteiger partial charge in [-0.15, -0.1) is 0 Å². The number of amides is 1. The first-order chi connectivity index (χ1) is 34.2. The third-order valence-corrected chi connectivity index (χ3v) is 12.4. The van der Waals surface area contributed by atoms with Crippen molar-refractivity contribution >= 4 is 5.91 Å². The minimum Gasteiger partial charge on any atom is -0.394 e. The van der Waals surface area contributed by atoms with Crippen LogP contribution in [0.15, 0.2) is 134 Å². The van der Waals surface area contributed by atoms with Gasteiger partial charge < -0.3 is 15.5 Å². The Morgan fingerprint density at radius 1 is 0.362 bits per heavy atom. The second kappa shape index (κ2) is 58.8. The molecule has 0 fully saturated rings. The lowest BCUT2D eigenvalue weighted by atomic mass is 10.0. The molecule has 69 heavy (non-hydrogen) atoms. The lowest BCUT2D eigenvalue weighted by Gasteiger charge is -2.20. The third-order valence-electron chi connectivity index (χ3n) is 12.4. The largest absolute Gasteiger partial charge is 0.394 e. The van der Waals surface area contributed by atoms with Gasteiger partial charge >= 0.3 is 0 Å². The standard InChI is InChI=1S/C65H109NO3/c1-3-5-7-9-11-13-15-17-19-21-23-25-27-28-29-30-31-32-33-34-35-36-37-38-39-41-43-45-47-49-51-53-55-57-59-61-65(69)66-63(62-67)64(68)60-58-56-54-52-50-48-46-44-42-40-26-24-22-20-18-16-14-12-10-8-6-4-2/h5,7,11,13,17,19,23,25,28-29,31-32,34-35,37-38,41,43,47,49,58,60,63-64,67-68H,3-4,6,8-10,12,14-16,18,20-22,24,26-27,30,33,36,39-40,42,44-46,48,50-57,59,61-62H2,1-2H3,(H,66,69)/b7-5-,13-11-,19-17-,25-23-,29-28-,32-31-,35-34-,38-37-,43-41-,49-47-,60-58+. The lowest BCUT2D eigenvalue weighted by Crippen LogP contribution is -2.45. The van der Waals surface area contributed by atoms with Gasteiger partial charge in [0.25, 0.3) is 0 Å². The molecule has 0 radical (unpaired) electrons. The van der Waals surface area contributed by atoms with E-state index in [9.17, 15) is 15.0 Å². The molecule has 3 N–H and O–H groups in total. The first kappa shape index (κ1) is 65.5. The highest BCUT2D eigenvalue weighted by molar-refractivity contribution is 5.76. The van der Waals surface area contributed by atoms with Crippen molar-refractivity contribution in [3.63, 3.8) is 0 Å². The van der Waals surface area contributed by atoms with E-state index in [1.807, 2.05) is 6.08 Å². The molecule has 0 aliphatic heterocycles. The topological polar surface area (TPSA) is 69.6 Å². The molecule has 392 valence electrons. The zero-order valence-corrected chi connectivity index (χ0v) is 45.0. The Labute approximate surface area is 428 Å². The summed E-state index contributed by atoms with van der Waals surface area (Å²) >= 11 is 0. The zero-order valence-electron chi connectivity index (χ0n) is 45.0. The molecule has 2 atom stereocenters. The molecule has 0 aromatic heterocycles. The summed E-state index contributed by atoms with van der Waals surface area (Å²) in [5, 5.41) is 23.2. The summed E-state index contributed by atoms with van der Waals surface area (Å²) in [5.74, 6) is -0.0922. The molecule has 0 aromatic carbocycles. The van der Waals surface area contributed by atoms with Crippen LogP contribution in [0, 0.1) is 0 Å². The van der Waals surface area contributed by atoms with Crippen molar-refractivity contribution in [2.24, 2.45) is 0 Å². The lowest BCUT2D eigenvalue weighted by molar-refractivity contribution is -0.123. The molecule has 0 spiro atoms. The van der Waals surface area contributed by atoms with Crippen LogP contribution in [0.25, 0.3) is 0 Å². The highest BCUT2D eigenvalue weighted by Gasteiger charge is 2.18. The van der Waals surface area contributed by atoms with Crippen molar-refractivity contribution in [2.75, 3.05) is 6.61 Å². The zero-order chi connectivity index (χ0) is 49.9. The van der Waals surface area contributed by atoms with Gasteiger partial charge in [0.2, 0.25) is 5.91 Å². The number of carbonyl (C=O) groups is 1. The van der Waals surface area contributed by atoms with E-state index in [0.29, 0.717) is 6.42 Å². The molecular formula is C65H109NO3. The SMILES string of the molecule is CC/C=C\C/C=C\C/C=C\C/C=C\C/C=C\C/C=C\C/C=C\C/C=C\C/C=C\C/C=C\CCCCCCC(=O)NC(CO)C(O)/C=C/CCCCCCCCCCCCCCCCCCCCCC. The summed E-state index contributed by atoms with van der Waals surface area (Å²) in [6.07, 6.45) is 91.7. The maximum absolute atomic E-state index is 12.5. The van der Waals surface area contributed by atoms with Crippen LogP contribution in [0.5, 0.6) is 0 Å². The van der Waals surface area contributed by atoms with Crippen molar-refractivity contribution < 1.29 is 15.0 Å². The number of rotatable bonds is 51. The first-order valence-electron chi connectivity index (χ1n) is 28.9. The van der Waals surface area contributed by atoms with Crippen LogP contribution in [-0.4, -0.2) is 34.9 Å². The summed E-state index contributed by atoms with van der Waals surface area (Å²) in [7, 11) is 0. The average molecular weight is 953 g/mol. The van der Waals surface area contributed by atoms with Crippen molar-refractivity contribution in [1.29, 1.82) is 0 Å². The predicted molar refractivity (Wildman–Crippen MR) is 308 cm³/mol. The van der Waals surface area contributed by atoms with Gasteiger partial charge in [0.1, 0.15) is 0 Å². The highest BCUT2D eigenvalue weighted by atomic mass is 16.3. The Bertz CT molecular complexity index is 1400. The average Bonchev–Trinajstić information content (AvgIpc) is 3.35. The first-order valence-corrected chi connectivity index (χ1v) is 28.9. The fraction of sp³-hybridized carbons (Fsp3) is 0.646. The van der Waals surface area contributed by atoms with E-state index in [4.69, 9.17) is 0 Å². The molecule has 1 amide bonds. The number of unbranched alkanes of at least 4 members (excludes halogenated alkanes) is 24. The minimum absolute atomic E-state index is 0.0922. The molecule has 0 aliphatic carbocycles. The molecule has 0 aliphatic rings. The van der Waals surface area contributed by atoms with Crippen molar-refractivity contribution in [3.05, 3.63) is 134 Å². The van der Waals surface area contributed by atoms with Crippen LogP contribution in [-0.2, 0) is 4.79 Å². The molecule has 4 heteroatoms. The van der Waals surface area contributed by atoms with E-state index < -0.39 is 12.1 Å². The Balaban J connectivity index is 3.67. The smallest absolute Gasteiger partial charge is 0.220 e. The number of allylic oxidation sites excluding steroid dienone is 21. The van der Waals surface area contributed by atoms with Crippen molar-refractivity contribution in [1.82, 2.24) is 5.32 Å². The van der Waals surface area contributed by atoms with E-state index >= 15 is 0 Å². The van der Waals surface area contributed by atoms with Gasteiger partial charge in [-0.3, -0.25) is 4.79 Å². The third kappa shape index (κ3) is 55.3. The van der Waals surface area contributed by atoms with Gasteiger partial charge in [0.05, 0.1) is 18.8 Å². The summed E-state index contributed by atoms with van der Waals surface area (Å²) in [4.78, 5) is 12.5. The fourth-order valence-corrected chi connectivity index (χ4v) is 8.03. The number of nitrogens with one attached hydrogen (secondary N) is 1. The molecule has 2 unspecified atom stereocenters. The van der Waals surface area contributed by atoms with E-state index in [0.717, 1.165) is 109 Å². The number of hydrogen-bond donors (Lipinski definition) is 3. The highest BCUT2D eigenvalue weighted by Crippen LogP contribution is 2.16. The fourth-order valence-electron chi connectivity index (χ4n) is 8.03. The van der Waals surface area contributed by atoms with E-state index in [2.05, 4.69) is 141 Å². The molecular weight excluding hydrogens is 843 g/mol. The Hall–Kier alpha value is -3.47. The maximum Gasteiger partial charge on any atom is 0.220 e. The van der Waals surface area contributed by atoms with Gasteiger partial charge in [-0.2, -0.15) is 0 Å². The normalized spacial score (nSPS) is 13.9. The Morgan fingerprint density at radius 3 is 0.957 bits per heavy atom. The van der Waals surface area contributed by atoms with Crippen LogP contribution >= 0.6 is 0 Å². The van der Waals surface area contributed by atoms with Gasteiger partial charge in [-0.1, -0.05) is 282 Å². The number of aliphatic hydroxyl groups is 2. The predicted octanol–water partition coefficient (Wildman–Crippen LogP) is 19.4. The summed E-state index contributed by atoms with van der Waals surface area (Å²) in [5.41, 5.74) is 0. The van der Waals surface area contributed by atoms with Gasteiger partial charge in [0, 0.05) is 6.42 Å². The second-order valence-corrected chi connectivity index (χ2v) is 19.0. The summed E-state index contributed by atoms with van der Waals surface area (Å²) < 4.78 is 0. The van der Waals surface area contributed by atoms with Crippen molar-refractivity contribution in [3.8, 4) is 0 Å². The molecule has 4 nitrogen and oxygen atoms in total. The van der Waals surface area contributed by atoms with Crippen LogP contribution in [0.4, 0.5) is 0 Å². The van der Waals surface area contributed by atoms with Crippen LogP contribution < -0.4 is 5.32 Å². The Kier molecular flexibility index (Phi) is 55.9. The Morgan fingerprint density at radius 2 is 0.638 bits per heavy atom. The number of aliphatic hydroxyl groups excluding tert-OH is 2. The quantitative estimate of drug-likeness (QED) is 0.0420. The second-order valence-electron chi connectivity index (χ2n) is 19.0. The monoisotopic (exact) mass is 952 g/mol. The van der Waals surface area contributed by atoms with Crippen LogP contribution in [0.2, 0.25) is 0 Å². The molecule has 0 aromatic rings. The number of carbonyl (C=O) groups excluding carboxylic acids is 1. The summed E-state index contributed by atoms with van der Waals surface area (Å²) in [6.45, 7) is 4.19. The maximum atomic E-state index is 12.5. The molecule has 0 bridgehead atoms. The van der Waals surface area contributed by atoms with E-state index in [-0.39, 0.29) is 12.5 Å². The number of hydrogen-bond acceptors (Lipinski definition) is 3.